The van der Waals surface area contributed by atoms with Crippen LogP contribution in [0, 0.1) is 0 Å². The van der Waals surface area contributed by atoms with Crippen molar-refractivity contribution in [3.63, 3.8) is 0 Å². The first-order valence-electron chi connectivity index (χ1n) is 7.63. The zero-order valence-corrected chi connectivity index (χ0v) is 16.3. The van der Waals surface area contributed by atoms with Crippen molar-refractivity contribution < 1.29 is 18.0 Å². The molecule has 0 fully saturated rings. The van der Waals surface area contributed by atoms with E-state index in [1.165, 1.54) is 0 Å². The number of carbonyl (C=O) groups is 1. The van der Waals surface area contributed by atoms with E-state index in [1.54, 1.807) is 0 Å². The lowest BCUT2D eigenvalue weighted by atomic mass is 10.2. The number of hydrogen-bond donors (Lipinski definition) is 2. The van der Waals surface area contributed by atoms with Gasteiger partial charge in [0.05, 0.1) is 0 Å². The Kier molecular flexibility index (Phi) is 14.6. The summed E-state index contributed by atoms with van der Waals surface area (Å²) < 4.78 is 36.6. The van der Waals surface area contributed by atoms with Crippen molar-refractivity contribution in [1.82, 2.24) is 15.5 Å². The van der Waals surface area contributed by atoms with Gasteiger partial charge < -0.3 is 15.5 Å². The monoisotopic (exact) mass is 452 g/mol. The third-order valence-corrected chi connectivity index (χ3v) is 2.88. The molecule has 0 unspecified atom stereocenters. The topological polar surface area (TPSA) is 56.7 Å². The van der Waals surface area contributed by atoms with Crippen LogP contribution in [0.25, 0.3) is 0 Å². The summed E-state index contributed by atoms with van der Waals surface area (Å²) in [5.41, 5.74) is 0. The van der Waals surface area contributed by atoms with Crippen LogP contribution in [-0.4, -0.2) is 56.2 Å². The van der Waals surface area contributed by atoms with E-state index >= 15 is 0 Å². The van der Waals surface area contributed by atoms with Gasteiger partial charge in [0.25, 0.3) is 0 Å². The maximum atomic E-state index is 12.2. The zero-order chi connectivity index (χ0) is 17.0. The number of unbranched alkanes of at least 4 members (excludes halogenated alkanes) is 3. The first-order chi connectivity index (χ1) is 10.3. The van der Waals surface area contributed by atoms with E-state index in [0.717, 1.165) is 39.3 Å². The highest BCUT2D eigenvalue weighted by Crippen LogP contribution is 2.15. The predicted octanol–water partition coefficient (Wildman–Crippen LogP) is 2.76. The number of rotatable bonds is 9. The molecule has 0 saturated carbocycles. The molecule has 0 saturated heterocycles. The molecular weight excluding hydrogens is 424 g/mol. The standard InChI is InChI=1S/C14H27F3N4O.HI/c1-4-6-7-8-9-19-13(18-5-2)20-10-12(22)21(3)11-14(15,16)17;/h4-11H2,1-3H3,(H2,18,19,20);1H. The van der Waals surface area contributed by atoms with Crippen LogP contribution in [-0.2, 0) is 4.79 Å². The van der Waals surface area contributed by atoms with Crippen LogP contribution >= 0.6 is 24.0 Å². The van der Waals surface area contributed by atoms with Crippen molar-refractivity contribution in [1.29, 1.82) is 0 Å². The van der Waals surface area contributed by atoms with E-state index in [-0.39, 0.29) is 30.5 Å². The predicted molar refractivity (Wildman–Crippen MR) is 97.2 cm³/mol. The lowest BCUT2D eigenvalue weighted by Crippen LogP contribution is -2.40. The minimum absolute atomic E-state index is 0. The molecule has 23 heavy (non-hydrogen) atoms. The van der Waals surface area contributed by atoms with E-state index in [0.29, 0.717) is 17.4 Å². The molecule has 0 aliphatic carbocycles. The van der Waals surface area contributed by atoms with Gasteiger partial charge in [-0.1, -0.05) is 26.2 Å². The molecule has 138 valence electrons. The zero-order valence-electron chi connectivity index (χ0n) is 14.0. The minimum atomic E-state index is -4.39. The molecule has 0 aliphatic rings. The Labute approximate surface area is 153 Å². The lowest BCUT2D eigenvalue weighted by Gasteiger charge is -2.18. The number of hydrogen-bond acceptors (Lipinski definition) is 2. The van der Waals surface area contributed by atoms with Crippen LogP contribution in [0.1, 0.15) is 39.5 Å². The first-order valence-corrected chi connectivity index (χ1v) is 7.63. The summed E-state index contributed by atoms with van der Waals surface area (Å²) in [6.07, 6.45) is 0.0107. The largest absolute Gasteiger partial charge is 0.406 e. The fourth-order valence-corrected chi connectivity index (χ4v) is 1.72. The maximum Gasteiger partial charge on any atom is 0.406 e. The van der Waals surface area contributed by atoms with Gasteiger partial charge in [0.15, 0.2) is 5.96 Å². The average molecular weight is 452 g/mol. The molecule has 5 nitrogen and oxygen atoms in total. The molecular formula is C14H28F3IN4O. The highest BCUT2D eigenvalue weighted by molar-refractivity contribution is 14.0. The van der Waals surface area contributed by atoms with Gasteiger partial charge in [-0.25, -0.2) is 4.99 Å². The number of alkyl halides is 3. The molecule has 0 bridgehead atoms. The number of amides is 1. The molecule has 9 heteroatoms. The number of halogens is 4. The van der Waals surface area contributed by atoms with Gasteiger partial charge >= 0.3 is 6.18 Å². The highest BCUT2D eigenvalue weighted by atomic mass is 127. The summed E-state index contributed by atoms with van der Waals surface area (Å²) in [6.45, 7) is 3.78. The normalized spacial score (nSPS) is 11.7. The molecule has 0 atom stereocenters. The number of nitrogens with zero attached hydrogens (tertiary/aromatic N) is 2. The van der Waals surface area contributed by atoms with E-state index in [4.69, 9.17) is 0 Å². The van der Waals surface area contributed by atoms with Gasteiger partial charge in [-0.3, -0.25) is 4.79 Å². The van der Waals surface area contributed by atoms with Gasteiger partial charge in [0.1, 0.15) is 13.1 Å². The van der Waals surface area contributed by atoms with Crippen LogP contribution in [0.4, 0.5) is 13.2 Å². The van der Waals surface area contributed by atoms with Gasteiger partial charge in [0, 0.05) is 20.1 Å². The van der Waals surface area contributed by atoms with Crippen molar-refractivity contribution in [3.8, 4) is 0 Å². The summed E-state index contributed by atoms with van der Waals surface area (Å²) in [7, 11) is 1.12. The Hall–Kier alpha value is -0.740. The number of nitrogens with one attached hydrogen (secondary N) is 2. The molecule has 0 heterocycles. The second kappa shape index (κ2) is 13.7. The second-order valence-electron chi connectivity index (χ2n) is 5.05. The van der Waals surface area contributed by atoms with Gasteiger partial charge in [-0.05, 0) is 13.3 Å². The molecule has 0 rings (SSSR count). The Morgan fingerprint density at radius 2 is 1.78 bits per heavy atom. The lowest BCUT2D eigenvalue weighted by molar-refractivity contribution is -0.157. The highest BCUT2D eigenvalue weighted by Gasteiger charge is 2.30. The Morgan fingerprint density at radius 1 is 1.13 bits per heavy atom. The fourth-order valence-electron chi connectivity index (χ4n) is 1.72. The number of likely N-dealkylation sites (N-methyl/N-ethyl adjacent to an activating group) is 1. The van der Waals surface area contributed by atoms with Crippen LogP contribution < -0.4 is 10.6 Å². The smallest absolute Gasteiger partial charge is 0.357 e. The molecule has 2 N–H and O–H groups in total. The van der Waals surface area contributed by atoms with E-state index in [1.807, 2.05) is 6.92 Å². The van der Waals surface area contributed by atoms with Gasteiger partial charge in [0.2, 0.25) is 5.91 Å². The molecule has 0 aromatic heterocycles. The Bertz CT molecular complexity index is 351. The van der Waals surface area contributed by atoms with E-state index in [2.05, 4.69) is 22.5 Å². The first kappa shape index (κ1) is 24.5. The molecule has 0 radical (unpaired) electrons. The summed E-state index contributed by atoms with van der Waals surface area (Å²) in [6, 6.07) is 0. The third-order valence-electron chi connectivity index (χ3n) is 2.88. The molecule has 0 aliphatic heterocycles. The Morgan fingerprint density at radius 3 is 2.30 bits per heavy atom. The van der Waals surface area contributed by atoms with Crippen LogP contribution in [0.5, 0.6) is 0 Å². The summed E-state index contributed by atoms with van der Waals surface area (Å²) in [4.78, 5) is 16.3. The van der Waals surface area contributed by atoms with Crippen molar-refractivity contribution in [3.05, 3.63) is 0 Å². The van der Waals surface area contributed by atoms with Crippen molar-refractivity contribution in [2.75, 3.05) is 33.2 Å². The van der Waals surface area contributed by atoms with Crippen LogP contribution in [0.2, 0.25) is 0 Å². The average Bonchev–Trinajstić information content (AvgIpc) is 2.42. The summed E-state index contributed by atoms with van der Waals surface area (Å²) >= 11 is 0. The number of carbonyl (C=O) groups excluding carboxylic acids is 1. The van der Waals surface area contributed by atoms with Gasteiger partial charge in [-0.15, -0.1) is 24.0 Å². The van der Waals surface area contributed by atoms with Crippen molar-refractivity contribution in [2.24, 2.45) is 4.99 Å². The molecule has 1 amide bonds. The van der Waals surface area contributed by atoms with E-state index in [9.17, 15) is 18.0 Å². The summed E-state index contributed by atoms with van der Waals surface area (Å²) in [5, 5.41) is 6.03. The number of aliphatic imine (C=N–C) groups is 1. The Balaban J connectivity index is 0. The van der Waals surface area contributed by atoms with E-state index < -0.39 is 18.6 Å². The molecule has 0 aromatic rings. The SMILES string of the molecule is CCCCCCNC(=NCC(=O)N(C)CC(F)(F)F)NCC.I. The number of guanidine groups is 1. The molecule has 0 spiro atoms. The second-order valence-corrected chi connectivity index (χ2v) is 5.05. The van der Waals surface area contributed by atoms with Crippen molar-refractivity contribution in [2.45, 2.75) is 45.7 Å². The maximum absolute atomic E-state index is 12.2. The fraction of sp³-hybridized carbons (Fsp3) is 0.857. The molecule has 0 aromatic carbocycles. The van der Waals surface area contributed by atoms with Crippen LogP contribution in [0.3, 0.4) is 0 Å². The van der Waals surface area contributed by atoms with Crippen LogP contribution in [0.15, 0.2) is 4.99 Å². The third kappa shape index (κ3) is 14.6. The van der Waals surface area contributed by atoms with Crippen molar-refractivity contribution >= 4 is 35.8 Å². The van der Waals surface area contributed by atoms with Gasteiger partial charge in [-0.2, -0.15) is 13.2 Å². The quantitative estimate of drug-likeness (QED) is 0.245. The minimum Gasteiger partial charge on any atom is -0.357 e. The summed E-state index contributed by atoms with van der Waals surface area (Å²) in [5.74, 6) is -0.215.